The molecule has 1 saturated heterocycles. The van der Waals surface area contributed by atoms with Crippen molar-refractivity contribution in [3.63, 3.8) is 0 Å². The highest BCUT2D eigenvalue weighted by Crippen LogP contribution is 2.13. The van der Waals surface area contributed by atoms with Gasteiger partial charge in [0.2, 0.25) is 0 Å². The molecule has 1 aromatic heterocycles. The molecule has 19 heavy (non-hydrogen) atoms. The van der Waals surface area contributed by atoms with Gasteiger partial charge >= 0.3 is 0 Å². The Morgan fingerprint density at radius 3 is 3.00 bits per heavy atom. The molecule has 1 aromatic rings. The van der Waals surface area contributed by atoms with Gasteiger partial charge in [-0.3, -0.25) is 9.48 Å². The minimum Gasteiger partial charge on any atom is -0.373 e. The molecule has 2 heterocycles. The van der Waals surface area contributed by atoms with Crippen LogP contribution in [0.5, 0.6) is 0 Å². The Labute approximate surface area is 113 Å². The van der Waals surface area contributed by atoms with Crippen LogP contribution < -0.4 is 5.73 Å². The van der Waals surface area contributed by atoms with Crippen molar-refractivity contribution in [3.8, 4) is 0 Å². The third-order valence-electron chi connectivity index (χ3n) is 3.48. The Kier molecular flexibility index (Phi) is 4.21. The Balaban J connectivity index is 2.12. The summed E-state index contributed by atoms with van der Waals surface area (Å²) in [7, 11) is 1.80. The molecule has 1 aliphatic rings. The monoisotopic (exact) mass is 266 g/mol. The van der Waals surface area contributed by atoms with Crippen molar-refractivity contribution in [1.29, 1.82) is 0 Å². The van der Waals surface area contributed by atoms with Crippen LogP contribution >= 0.6 is 0 Å². The highest BCUT2D eigenvalue weighted by molar-refractivity contribution is 5.92. The van der Waals surface area contributed by atoms with Crippen LogP contribution in [0.4, 0.5) is 0 Å². The van der Waals surface area contributed by atoms with Gasteiger partial charge in [-0.05, 0) is 19.4 Å². The number of hydrogen-bond donors (Lipinski definition) is 1. The van der Waals surface area contributed by atoms with Crippen LogP contribution in [0.15, 0.2) is 6.07 Å². The van der Waals surface area contributed by atoms with E-state index in [1.807, 2.05) is 19.9 Å². The van der Waals surface area contributed by atoms with E-state index in [1.165, 1.54) is 0 Å². The lowest BCUT2D eigenvalue weighted by atomic mass is 10.1. The lowest BCUT2D eigenvalue weighted by Crippen LogP contribution is -2.51. The number of nitrogens with two attached hydrogens (primary N) is 1. The lowest BCUT2D eigenvalue weighted by Gasteiger charge is -2.34. The second kappa shape index (κ2) is 5.71. The van der Waals surface area contributed by atoms with Crippen LogP contribution in [0.2, 0.25) is 0 Å². The zero-order valence-corrected chi connectivity index (χ0v) is 11.8. The van der Waals surface area contributed by atoms with Crippen LogP contribution in [0.3, 0.4) is 0 Å². The number of aromatic nitrogens is 2. The molecule has 2 rings (SSSR count). The zero-order valence-electron chi connectivity index (χ0n) is 11.8. The number of carbonyl (C=O) groups excluding carboxylic acids is 1. The number of rotatable bonds is 3. The van der Waals surface area contributed by atoms with Crippen molar-refractivity contribution in [2.45, 2.75) is 32.4 Å². The van der Waals surface area contributed by atoms with Gasteiger partial charge in [-0.2, -0.15) is 5.10 Å². The molecule has 2 atom stereocenters. The number of aryl methyl sites for hydroxylation is 2. The van der Waals surface area contributed by atoms with Gasteiger partial charge in [0.05, 0.1) is 18.4 Å². The maximum atomic E-state index is 12.5. The predicted octanol–water partition coefficient (Wildman–Crippen LogP) is 0.171. The standard InChI is InChI=1S/C13H22N4O2/c1-4-10-7-11(16(3)15-10)13(18)17-5-6-19-12(8-17)9(2)14/h7,9,12H,4-6,8,14H2,1-3H3. The molecular weight excluding hydrogens is 244 g/mol. The molecule has 6 heteroatoms. The Morgan fingerprint density at radius 2 is 2.42 bits per heavy atom. The summed E-state index contributed by atoms with van der Waals surface area (Å²) in [5.74, 6) is 0.00338. The number of hydrogen-bond acceptors (Lipinski definition) is 4. The van der Waals surface area contributed by atoms with Gasteiger partial charge in [-0.25, -0.2) is 0 Å². The Morgan fingerprint density at radius 1 is 1.68 bits per heavy atom. The second-order valence-corrected chi connectivity index (χ2v) is 5.02. The second-order valence-electron chi connectivity index (χ2n) is 5.02. The van der Waals surface area contributed by atoms with E-state index in [2.05, 4.69) is 5.10 Å². The first-order chi connectivity index (χ1) is 9.02. The number of ether oxygens (including phenoxy) is 1. The Bertz CT molecular complexity index is 455. The molecule has 0 saturated carbocycles. The van der Waals surface area contributed by atoms with Crippen molar-refractivity contribution in [2.75, 3.05) is 19.7 Å². The van der Waals surface area contributed by atoms with E-state index in [4.69, 9.17) is 10.5 Å². The summed E-state index contributed by atoms with van der Waals surface area (Å²) < 4.78 is 7.22. The number of amides is 1. The van der Waals surface area contributed by atoms with Crippen molar-refractivity contribution in [1.82, 2.24) is 14.7 Å². The van der Waals surface area contributed by atoms with Gasteiger partial charge in [0, 0.05) is 26.2 Å². The largest absolute Gasteiger partial charge is 0.373 e. The summed E-state index contributed by atoms with van der Waals surface area (Å²) in [5.41, 5.74) is 7.40. The van der Waals surface area contributed by atoms with Gasteiger partial charge in [0.15, 0.2) is 0 Å². The molecule has 2 N–H and O–H groups in total. The van der Waals surface area contributed by atoms with Crippen molar-refractivity contribution < 1.29 is 9.53 Å². The Hall–Kier alpha value is -1.40. The van der Waals surface area contributed by atoms with Gasteiger partial charge in [0.25, 0.3) is 5.91 Å². The zero-order chi connectivity index (χ0) is 14.0. The van der Waals surface area contributed by atoms with Crippen LogP contribution in [0, 0.1) is 0 Å². The van der Waals surface area contributed by atoms with E-state index in [0.717, 1.165) is 12.1 Å². The van der Waals surface area contributed by atoms with E-state index in [-0.39, 0.29) is 18.1 Å². The summed E-state index contributed by atoms with van der Waals surface area (Å²) in [6.45, 7) is 5.61. The molecular formula is C13H22N4O2. The molecule has 0 spiro atoms. The van der Waals surface area contributed by atoms with Gasteiger partial charge in [0.1, 0.15) is 5.69 Å². The highest BCUT2D eigenvalue weighted by Gasteiger charge is 2.28. The third kappa shape index (κ3) is 2.96. The van der Waals surface area contributed by atoms with Crippen LogP contribution in [-0.2, 0) is 18.2 Å². The summed E-state index contributed by atoms with van der Waals surface area (Å²) >= 11 is 0. The smallest absolute Gasteiger partial charge is 0.272 e. The molecule has 0 aliphatic carbocycles. The van der Waals surface area contributed by atoms with Crippen LogP contribution in [0.1, 0.15) is 30.0 Å². The molecule has 0 bridgehead atoms. The first kappa shape index (κ1) is 14.0. The minimum atomic E-state index is -0.0865. The van der Waals surface area contributed by atoms with Crippen LogP contribution in [0.25, 0.3) is 0 Å². The van der Waals surface area contributed by atoms with E-state index in [1.54, 1.807) is 16.6 Å². The lowest BCUT2D eigenvalue weighted by molar-refractivity contribution is -0.0303. The SMILES string of the molecule is CCc1cc(C(=O)N2CCOC(C(C)N)C2)n(C)n1. The maximum Gasteiger partial charge on any atom is 0.272 e. The normalized spacial score (nSPS) is 21.5. The molecule has 6 nitrogen and oxygen atoms in total. The molecule has 1 fully saturated rings. The first-order valence-electron chi connectivity index (χ1n) is 6.72. The van der Waals surface area contributed by atoms with Crippen molar-refractivity contribution in [2.24, 2.45) is 12.8 Å². The maximum absolute atomic E-state index is 12.5. The third-order valence-corrected chi connectivity index (χ3v) is 3.48. The number of carbonyl (C=O) groups is 1. The summed E-state index contributed by atoms with van der Waals surface area (Å²) in [6.07, 6.45) is 0.740. The summed E-state index contributed by atoms with van der Waals surface area (Å²) in [4.78, 5) is 14.3. The minimum absolute atomic E-state index is 0.00338. The number of nitrogens with zero attached hydrogens (tertiary/aromatic N) is 3. The summed E-state index contributed by atoms with van der Waals surface area (Å²) in [6, 6.07) is 1.78. The van der Waals surface area contributed by atoms with Crippen LogP contribution in [-0.4, -0.2) is 52.4 Å². The predicted molar refractivity (Wildman–Crippen MR) is 71.9 cm³/mol. The highest BCUT2D eigenvalue weighted by atomic mass is 16.5. The van der Waals surface area contributed by atoms with E-state index >= 15 is 0 Å². The van der Waals surface area contributed by atoms with E-state index in [9.17, 15) is 4.79 Å². The van der Waals surface area contributed by atoms with Crippen molar-refractivity contribution >= 4 is 5.91 Å². The fourth-order valence-electron chi connectivity index (χ4n) is 2.24. The molecule has 106 valence electrons. The van der Waals surface area contributed by atoms with Gasteiger partial charge in [-0.1, -0.05) is 6.92 Å². The fourth-order valence-corrected chi connectivity index (χ4v) is 2.24. The number of morpholine rings is 1. The quantitative estimate of drug-likeness (QED) is 0.846. The van der Waals surface area contributed by atoms with E-state index in [0.29, 0.717) is 25.4 Å². The molecule has 1 aliphatic heterocycles. The topological polar surface area (TPSA) is 73.4 Å². The molecule has 1 amide bonds. The fraction of sp³-hybridized carbons (Fsp3) is 0.692. The van der Waals surface area contributed by atoms with Gasteiger partial charge < -0.3 is 15.4 Å². The molecule has 2 unspecified atom stereocenters. The summed E-state index contributed by atoms with van der Waals surface area (Å²) in [5, 5.41) is 4.31. The van der Waals surface area contributed by atoms with Crippen molar-refractivity contribution in [3.05, 3.63) is 17.5 Å². The average Bonchev–Trinajstić information content (AvgIpc) is 2.79. The molecule has 0 radical (unpaired) electrons. The van der Waals surface area contributed by atoms with E-state index < -0.39 is 0 Å². The average molecular weight is 266 g/mol. The molecule has 0 aromatic carbocycles. The first-order valence-corrected chi connectivity index (χ1v) is 6.72. The van der Waals surface area contributed by atoms with Gasteiger partial charge in [-0.15, -0.1) is 0 Å².